The highest BCUT2D eigenvalue weighted by Crippen LogP contribution is 2.47. The second-order valence-electron chi connectivity index (χ2n) is 11.4. The number of carbonyl (C=O) groups excluding carboxylic acids is 1. The van der Waals surface area contributed by atoms with Crippen molar-refractivity contribution in [1.82, 2.24) is 10.2 Å². The van der Waals surface area contributed by atoms with Crippen LogP contribution in [0.15, 0.2) is 18.2 Å². The number of rotatable bonds is 6. The summed E-state index contributed by atoms with van der Waals surface area (Å²) in [5, 5.41) is 3.78. The summed E-state index contributed by atoms with van der Waals surface area (Å²) in [6, 6.07) is 2.06. The summed E-state index contributed by atoms with van der Waals surface area (Å²) in [6.07, 6.45) is -4.29. The molecule has 1 amide bonds. The second-order valence-corrected chi connectivity index (χ2v) is 11.4. The Labute approximate surface area is 210 Å². The molecule has 2 saturated carbocycles. The van der Waals surface area contributed by atoms with Gasteiger partial charge in [0.25, 0.3) is 0 Å². The van der Waals surface area contributed by atoms with E-state index in [1.165, 1.54) is 24.8 Å². The first kappa shape index (κ1) is 28.8. The topological polar surface area (TPSA) is 32.3 Å². The molecule has 1 N–H and O–H groups in total. The molecule has 1 aromatic carbocycles. The minimum atomic E-state index is -4.92. The van der Waals surface area contributed by atoms with Crippen molar-refractivity contribution < 1.29 is 31.1 Å². The highest BCUT2D eigenvalue weighted by atomic mass is 19.4. The summed E-state index contributed by atoms with van der Waals surface area (Å²) in [5.41, 5.74) is -3.63. The van der Waals surface area contributed by atoms with Crippen LogP contribution in [0.1, 0.15) is 82.9 Å². The van der Waals surface area contributed by atoms with Gasteiger partial charge in [0.15, 0.2) is 0 Å². The molecule has 9 heteroatoms. The Kier molecular flexibility index (Phi) is 8.43. The van der Waals surface area contributed by atoms with Crippen LogP contribution in [0, 0.1) is 23.2 Å². The molecule has 1 aromatic rings. The lowest BCUT2D eigenvalue weighted by Crippen LogP contribution is -2.47. The van der Waals surface area contributed by atoms with Gasteiger partial charge in [-0.15, -0.1) is 0 Å². The van der Waals surface area contributed by atoms with E-state index in [2.05, 4.69) is 19.2 Å². The minimum absolute atomic E-state index is 0.0193. The van der Waals surface area contributed by atoms with Crippen LogP contribution in [0.3, 0.4) is 0 Å². The molecule has 0 bridgehead atoms. The van der Waals surface area contributed by atoms with E-state index in [9.17, 15) is 31.1 Å². The van der Waals surface area contributed by atoms with E-state index in [4.69, 9.17) is 0 Å². The van der Waals surface area contributed by atoms with Crippen LogP contribution >= 0.6 is 0 Å². The third-order valence-corrected chi connectivity index (χ3v) is 8.65. The van der Waals surface area contributed by atoms with Gasteiger partial charge in [-0.05, 0) is 67.2 Å². The molecule has 2 aliphatic carbocycles. The number of nitrogens with one attached hydrogen (secondary N) is 1. The number of nitrogens with zero attached hydrogens (tertiary/aromatic N) is 1. The fourth-order valence-corrected chi connectivity index (χ4v) is 6.14. The van der Waals surface area contributed by atoms with E-state index in [0.29, 0.717) is 42.9 Å². The zero-order valence-corrected chi connectivity index (χ0v) is 21.7. The maximum atomic E-state index is 13.7. The molecule has 0 heterocycles. The number of carbonyl (C=O) groups is 1. The van der Waals surface area contributed by atoms with Crippen LogP contribution < -0.4 is 5.32 Å². The summed E-state index contributed by atoms with van der Waals surface area (Å²) < 4.78 is 79.7. The van der Waals surface area contributed by atoms with Gasteiger partial charge < -0.3 is 10.2 Å². The Morgan fingerprint density at radius 1 is 1.03 bits per heavy atom. The number of benzene rings is 1. The lowest BCUT2D eigenvalue weighted by molar-refractivity contribution is -0.144. The van der Waals surface area contributed by atoms with Crippen molar-refractivity contribution in [2.45, 2.75) is 97.2 Å². The van der Waals surface area contributed by atoms with E-state index in [-0.39, 0.29) is 36.0 Å². The Balaban J connectivity index is 1.78. The molecule has 36 heavy (non-hydrogen) atoms. The van der Waals surface area contributed by atoms with Gasteiger partial charge in [-0.25, -0.2) is 0 Å². The fraction of sp³-hybridized carbons (Fsp3) is 0.741. The lowest BCUT2D eigenvalue weighted by atomic mass is 9.74. The third kappa shape index (κ3) is 6.20. The van der Waals surface area contributed by atoms with E-state index in [0.717, 1.165) is 12.8 Å². The smallest absolute Gasteiger partial charge is 0.341 e. The standard InChI is InChI=1S/C27H38F6N2O/c1-16(2)25(10-9-22(14-25)34-23-8-6-7-17(3)18(23)4)24(36)35(5)15-19-11-20(26(28,29)30)13-21(12-19)27(31,32)33/h11-13,16-18,22-23,34H,6-10,14-15H2,1-5H3. The monoisotopic (exact) mass is 520 g/mol. The number of hydrogen-bond acceptors (Lipinski definition) is 2. The van der Waals surface area contributed by atoms with Crippen LogP contribution in [0.5, 0.6) is 0 Å². The molecule has 0 aromatic heterocycles. The number of halogens is 6. The highest BCUT2D eigenvalue weighted by molar-refractivity contribution is 5.83. The molecule has 5 unspecified atom stereocenters. The lowest BCUT2D eigenvalue weighted by Gasteiger charge is -2.38. The zero-order chi connectivity index (χ0) is 27.1. The first-order valence-electron chi connectivity index (χ1n) is 12.8. The van der Waals surface area contributed by atoms with Gasteiger partial charge in [-0.2, -0.15) is 26.3 Å². The SMILES string of the molecule is CC1CCCC(NC2CCC(C(=O)N(C)Cc3cc(C(F)(F)F)cc(C(F)(F)F)c3)(C(C)C)C2)C1C. The average Bonchev–Trinajstić information content (AvgIpc) is 3.20. The Morgan fingerprint density at radius 3 is 2.14 bits per heavy atom. The molecule has 204 valence electrons. The molecule has 2 fully saturated rings. The molecule has 0 saturated heterocycles. The summed E-state index contributed by atoms with van der Waals surface area (Å²) >= 11 is 0. The van der Waals surface area contributed by atoms with Crippen LogP contribution in [0.25, 0.3) is 0 Å². The van der Waals surface area contributed by atoms with E-state index >= 15 is 0 Å². The maximum absolute atomic E-state index is 13.7. The predicted octanol–water partition coefficient (Wildman–Crippen LogP) is 7.29. The van der Waals surface area contributed by atoms with Gasteiger partial charge in [-0.3, -0.25) is 4.79 Å². The molecular formula is C27H38F6N2O. The molecule has 2 aliphatic rings. The van der Waals surface area contributed by atoms with Crippen molar-refractivity contribution in [2.24, 2.45) is 23.2 Å². The van der Waals surface area contributed by atoms with E-state index in [1.807, 2.05) is 13.8 Å². The van der Waals surface area contributed by atoms with E-state index < -0.39 is 28.9 Å². The van der Waals surface area contributed by atoms with Crippen LogP contribution in [-0.4, -0.2) is 29.9 Å². The summed E-state index contributed by atoms with van der Waals surface area (Å²) in [4.78, 5) is 15.0. The molecule has 3 rings (SSSR count). The quantitative estimate of drug-likeness (QED) is 0.400. The van der Waals surface area contributed by atoms with Gasteiger partial charge in [0.1, 0.15) is 0 Å². The fourth-order valence-electron chi connectivity index (χ4n) is 6.14. The summed E-state index contributed by atoms with van der Waals surface area (Å²) in [7, 11) is 1.46. The van der Waals surface area contributed by atoms with Gasteiger partial charge in [-0.1, -0.05) is 40.5 Å². The predicted molar refractivity (Wildman–Crippen MR) is 127 cm³/mol. The van der Waals surface area contributed by atoms with Crippen molar-refractivity contribution in [3.63, 3.8) is 0 Å². The molecule has 0 aliphatic heterocycles. The average molecular weight is 521 g/mol. The molecule has 3 nitrogen and oxygen atoms in total. The third-order valence-electron chi connectivity index (χ3n) is 8.65. The Bertz CT molecular complexity index is 896. The van der Waals surface area contributed by atoms with Crippen LogP contribution in [-0.2, 0) is 23.7 Å². The van der Waals surface area contributed by atoms with Crippen molar-refractivity contribution in [1.29, 1.82) is 0 Å². The van der Waals surface area contributed by atoms with Gasteiger partial charge in [0.05, 0.1) is 16.5 Å². The minimum Gasteiger partial charge on any atom is -0.341 e. The molecule has 0 spiro atoms. The maximum Gasteiger partial charge on any atom is 0.416 e. The van der Waals surface area contributed by atoms with Crippen LogP contribution in [0.2, 0.25) is 0 Å². The van der Waals surface area contributed by atoms with Gasteiger partial charge >= 0.3 is 12.4 Å². The van der Waals surface area contributed by atoms with Crippen molar-refractivity contribution in [3.8, 4) is 0 Å². The number of hydrogen-bond donors (Lipinski definition) is 1. The Morgan fingerprint density at radius 2 is 1.61 bits per heavy atom. The van der Waals surface area contributed by atoms with Crippen molar-refractivity contribution in [2.75, 3.05) is 7.05 Å². The van der Waals surface area contributed by atoms with E-state index in [1.54, 1.807) is 0 Å². The zero-order valence-electron chi connectivity index (χ0n) is 21.7. The van der Waals surface area contributed by atoms with Crippen molar-refractivity contribution in [3.05, 3.63) is 34.9 Å². The summed E-state index contributed by atoms with van der Waals surface area (Å²) in [5.74, 6) is 0.927. The van der Waals surface area contributed by atoms with Gasteiger partial charge in [0.2, 0.25) is 5.91 Å². The van der Waals surface area contributed by atoms with Crippen molar-refractivity contribution >= 4 is 5.91 Å². The van der Waals surface area contributed by atoms with Gasteiger partial charge in [0, 0.05) is 25.7 Å². The first-order valence-corrected chi connectivity index (χ1v) is 12.8. The summed E-state index contributed by atoms with van der Waals surface area (Å²) in [6.45, 7) is 8.13. The number of alkyl halides is 6. The normalized spacial score (nSPS) is 29.6. The first-order chi connectivity index (χ1) is 16.5. The van der Waals surface area contributed by atoms with Crippen LogP contribution in [0.4, 0.5) is 26.3 Å². The molecule has 5 atom stereocenters. The Hall–Kier alpha value is -1.77. The molecule has 0 radical (unpaired) electrons. The second kappa shape index (κ2) is 10.5. The molecular weight excluding hydrogens is 482 g/mol. The highest BCUT2D eigenvalue weighted by Gasteiger charge is 2.49. The number of amides is 1. The largest absolute Gasteiger partial charge is 0.416 e.